The van der Waals surface area contributed by atoms with E-state index in [2.05, 4.69) is 10.2 Å². The number of amides is 2. The zero-order valence-electron chi connectivity index (χ0n) is 16.2. The van der Waals surface area contributed by atoms with Crippen LogP contribution >= 0.6 is 0 Å². The van der Waals surface area contributed by atoms with Gasteiger partial charge in [0.25, 0.3) is 5.91 Å². The van der Waals surface area contributed by atoms with Crippen LogP contribution in [-0.4, -0.2) is 38.0 Å². The molecular formula is C22H26FN3O2. The molecule has 1 fully saturated rings. The Bertz CT molecular complexity index is 817. The highest BCUT2D eigenvalue weighted by Crippen LogP contribution is 2.23. The van der Waals surface area contributed by atoms with Crippen LogP contribution in [0.1, 0.15) is 36.5 Å². The second-order valence-electron chi connectivity index (χ2n) is 6.97. The Balaban J connectivity index is 1.59. The van der Waals surface area contributed by atoms with Gasteiger partial charge in [0.05, 0.1) is 5.56 Å². The van der Waals surface area contributed by atoms with Crippen molar-refractivity contribution in [2.24, 2.45) is 0 Å². The van der Waals surface area contributed by atoms with Gasteiger partial charge in [0.1, 0.15) is 5.82 Å². The van der Waals surface area contributed by atoms with Crippen LogP contribution in [0.25, 0.3) is 0 Å². The largest absolute Gasteiger partial charge is 0.372 e. The number of hydrogen-bond acceptors (Lipinski definition) is 3. The first-order chi connectivity index (χ1) is 13.6. The van der Waals surface area contributed by atoms with Crippen molar-refractivity contribution < 1.29 is 14.0 Å². The Hall–Kier alpha value is -2.89. The van der Waals surface area contributed by atoms with E-state index >= 15 is 0 Å². The van der Waals surface area contributed by atoms with Gasteiger partial charge in [0.15, 0.2) is 0 Å². The monoisotopic (exact) mass is 383 g/mol. The molecule has 28 heavy (non-hydrogen) atoms. The van der Waals surface area contributed by atoms with Gasteiger partial charge in [-0.25, -0.2) is 4.39 Å². The summed E-state index contributed by atoms with van der Waals surface area (Å²) in [6, 6.07) is 13.8. The number of nitrogens with one attached hydrogen (secondary N) is 1. The number of benzene rings is 2. The Morgan fingerprint density at radius 2 is 1.71 bits per heavy atom. The molecule has 0 atom stereocenters. The van der Waals surface area contributed by atoms with Crippen molar-refractivity contribution in [3.63, 3.8) is 0 Å². The highest BCUT2D eigenvalue weighted by Gasteiger charge is 2.15. The van der Waals surface area contributed by atoms with E-state index in [1.807, 2.05) is 24.3 Å². The fourth-order valence-corrected chi connectivity index (χ4v) is 3.49. The van der Waals surface area contributed by atoms with E-state index in [1.54, 1.807) is 11.0 Å². The number of carbonyl (C=O) groups is 2. The lowest BCUT2D eigenvalue weighted by atomic mass is 10.1. The fourth-order valence-electron chi connectivity index (χ4n) is 3.49. The molecule has 0 spiro atoms. The van der Waals surface area contributed by atoms with Crippen LogP contribution < -0.4 is 15.1 Å². The molecule has 2 amide bonds. The molecule has 0 saturated carbocycles. The molecule has 3 rings (SSSR count). The zero-order chi connectivity index (χ0) is 19.9. The minimum Gasteiger partial charge on any atom is -0.372 e. The Kier molecular flexibility index (Phi) is 6.63. The minimum absolute atomic E-state index is 0.00256. The second kappa shape index (κ2) is 9.35. The van der Waals surface area contributed by atoms with E-state index in [0.717, 1.165) is 18.8 Å². The van der Waals surface area contributed by atoms with Crippen LogP contribution in [-0.2, 0) is 4.79 Å². The summed E-state index contributed by atoms with van der Waals surface area (Å²) in [5.41, 5.74) is 1.95. The van der Waals surface area contributed by atoms with Gasteiger partial charge in [-0.1, -0.05) is 12.1 Å². The molecular weight excluding hydrogens is 357 g/mol. The van der Waals surface area contributed by atoms with Crippen molar-refractivity contribution in [1.82, 2.24) is 5.32 Å². The fraction of sp³-hybridized carbons (Fsp3) is 0.364. The van der Waals surface area contributed by atoms with Gasteiger partial charge >= 0.3 is 0 Å². The zero-order valence-corrected chi connectivity index (χ0v) is 16.2. The van der Waals surface area contributed by atoms with E-state index in [4.69, 9.17) is 0 Å². The molecule has 5 nitrogen and oxygen atoms in total. The molecule has 0 unspecified atom stereocenters. The Labute approximate surface area is 165 Å². The van der Waals surface area contributed by atoms with Crippen LogP contribution in [0.5, 0.6) is 0 Å². The number of piperidine rings is 1. The van der Waals surface area contributed by atoms with Gasteiger partial charge in [0, 0.05) is 44.5 Å². The number of anilines is 2. The van der Waals surface area contributed by atoms with E-state index < -0.39 is 11.7 Å². The molecule has 1 saturated heterocycles. The summed E-state index contributed by atoms with van der Waals surface area (Å²) in [7, 11) is 0. The summed E-state index contributed by atoms with van der Waals surface area (Å²) in [5.74, 6) is -1.15. The SMILES string of the molecule is CC(=O)N(CCNC(=O)c1ccccc1F)c1ccc(N2CCCCC2)cc1. The van der Waals surface area contributed by atoms with E-state index in [1.165, 1.54) is 50.1 Å². The van der Waals surface area contributed by atoms with Gasteiger partial charge in [-0.2, -0.15) is 0 Å². The van der Waals surface area contributed by atoms with E-state index in [0.29, 0.717) is 6.54 Å². The summed E-state index contributed by atoms with van der Waals surface area (Å²) in [5, 5.41) is 2.68. The van der Waals surface area contributed by atoms with E-state index in [-0.39, 0.29) is 18.0 Å². The predicted molar refractivity (Wildman–Crippen MR) is 109 cm³/mol. The summed E-state index contributed by atoms with van der Waals surface area (Å²) in [4.78, 5) is 28.2. The lowest BCUT2D eigenvalue weighted by Crippen LogP contribution is -2.37. The molecule has 0 aliphatic carbocycles. The van der Waals surface area contributed by atoms with Crippen molar-refractivity contribution >= 4 is 23.2 Å². The number of hydrogen-bond donors (Lipinski definition) is 1. The third-order valence-electron chi connectivity index (χ3n) is 5.00. The normalized spacial score (nSPS) is 13.9. The maximum atomic E-state index is 13.7. The molecule has 1 heterocycles. The summed E-state index contributed by atoms with van der Waals surface area (Å²) in [6.07, 6.45) is 3.71. The van der Waals surface area contributed by atoms with Crippen LogP contribution in [0.3, 0.4) is 0 Å². The Morgan fingerprint density at radius 1 is 1.04 bits per heavy atom. The van der Waals surface area contributed by atoms with Gasteiger partial charge < -0.3 is 15.1 Å². The van der Waals surface area contributed by atoms with Gasteiger partial charge in [-0.15, -0.1) is 0 Å². The minimum atomic E-state index is -0.559. The van der Waals surface area contributed by atoms with Crippen LogP contribution in [0, 0.1) is 5.82 Å². The topological polar surface area (TPSA) is 52.7 Å². The average molecular weight is 383 g/mol. The van der Waals surface area contributed by atoms with Crippen molar-refractivity contribution in [3.05, 3.63) is 59.9 Å². The van der Waals surface area contributed by atoms with Gasteiger partial charge in [0.2, 0.25) is 5.91 Å². The lowest BCUT2D eigenvalue weighted by molar-refractivity contribution is -0.116. The predicted octanol–water partition coefficient (Wildman–Crippen LogP) is 3.60. The molecule has 0 bridgehead atoms. The van der Waals surface area contributed by atoms with Crippen LogP contribution in [0.15, 0.2) is 48.5 Å². The highest BCUT2D eigenvalue weighted by atomic mass is 19.1. The number of halogens is 1. The van der Waals surface area contributed by atoms with Crippen LogP contribution in [0.4, 0.5) is 15.8 Å². The maximum Gasteiger partial charge on any atom is 0.254 e. The Morgan fingerprint density at radius 3 is 2.36 bits per heavy atom. The first-order valence-electron chi connectivity index (χ1n) is 9.72. The lowest BCUT2D eigenvalue weighted by Gasteiger charge is -2.29. The smallest absolute Gasteiger partial charge is 0.254 e. The molecule has 1 N–H and O–H groups in total. The van der Waals surface area contributed by atoms with Crippen LogP contribution in [0.2, 0.25) is 0 Å². The number of rotatable bonds is 6. The molecule has 2 aromatic rings. The standard InChI is InChI=1S/C22H26FN3O2/c1-17(27)26(16-13-24-22(28)20-7-3-4-8-21(20)23)19-11-9-18(10-12-19)25-14-5-2-6-15-25/h3-4,7-12H,2,5-6,13-16H2,1H3,(H,24,28). The molecule has 2 aromatic carbocycles. The first kappa shape index (κ1) is 19.9. The van der Waals surface area contributed by atoms with Gasteiger partial charge in [-0.05, 0) is 55.7 Å². The molecule has 1 aliphatic rings. The van der Waals surface area contributed by atoms with Crippen molar-refractivity contribution in [2.45, 2.75) is 26.2 Å². The molecule has 148 valence electrons. The number of nitrogens with zero attached hydrogens (tertiary/aromatic N) is 2. The number of carbonyl (C=O) groups excluding carboxylic acids is 2. The first-order valence-corrected chi connectivity index (χ1v) is 9.72. The summed E-state index contributed by atoms with van der Waals surface area (Å²) >= 11 is 0. The second-order valence-corrected chi connectivity index (χ2v) is 6.97. The maximum absolute atomic E-state index is 13.7. The van der Waals surface area contributed by atoms with Crippen molar-refractivity contribution in [1.29, 1.82) is 0 Å². The highest BCUT2D eigenvalue weighted by molar-refractivity contribution is 5.95. The van der Waals surface area contributed by atoms with Crippen molar-refractivity contribution in [2.75, 3.05) is 36.0 Å². The van der Waals surface area contributed by atoms with E-state index in [9.17, 15) is 14.0 Å². The van der Waals surface area contributed by atoms with Gasteiger partial charge in [-0.3, -0.25) is 9.59 Å². The quantitative estimate of drug-likeness (QED) is 0.829. The molecule has 0 radical (unpaired) electrons. The third kappa shape index (κ3) is 4.88. The summed E-state index contributed by atoms with van der Waals surface area (Å²) in [6.45, 7) is 4.19. The molecule has 0 aromatic heterocycles. The molecule has 1 aliphatic heterocycles. The van der Waals surface area contributed by atoms with Crippen molar-refractivity contribution in [3.8, 4) is 0 Å². The summed E-state index contributed by atoms with van der Waals surface area (Å²) < 4.78 is 13.7. The third-order valence-corrected chi connectivity index (χ3v) is 5.00. The average Bonchev–Trinajstić information content (AvgIpc) is 2.72. The molecule has 6 heteroatoms.